The number of thiazole rings is 1. The Balaban J connectivity index is 1.32. The Morgan fingerprint density at radius 1 is 1.37 bits per heavy atom. The smallest absolute Gasteiger partial charge is 0.252 e. The first-order chi connectivity index (χ1) is 20.3. The third-order valence-corrected chi connectivity index (χ3v) is 8.79. The number of ether oxygens (including phenoxy) is 1. The summed E-state index contributed by atoms with van der Waals surface area (Å²) in [6.07, 6.45) is -1.24. The number of hydrogen-bond donors (Lipinski definition) is 1. The molecule has 3 aliphatic heterocycles. The van der Waals surface area contributed by atoms with E-state index in [9.17, 15) is 24.0 Å². The average Bonchev–Trinajstić information content (AvgIpc) is 3.65. The number of rotatable bonds is 8. The summed E-state index contributed by atoms with van der Waals surface area (Å²) in [6, 6.07) is 0.589. The fraction of sp³-hybridized carbons (Fsp3) is 0.556. The SMILES string of the molecule is CC(C)(F)C[C@H](NC(=O)c1ccc(-c2csc(N3CC[N+](C)([O-])CC3)n2)c(F)c1)C(=O)N1C[C@@H](N=[N+]=[N-])[C@H]2OCC(=O)[C@H]21. The Kier molecular flexibility index (Phi) is 8.42. The minimum atomic E-state index is -1.88. The number of fused-ring (bicyclic) bond motifs is 1. The van der Waals surface area contributed by atoms with Gasteiger partial charge in [0.25, 0.3) is 5.91 Å². The third kappa shape index (κ3) is 6.63. The van der Waals surface area contributed by atoms with E-state index in [0.717, 1.165) is 6.07 Å². The summed E-state index contributed by atoms with van der Waals surface area (Å²) in [6.45, 7) is 4.03. The van der Waals surface area contributed by atoms with Crippen molar-refractivity contribution in [3.8, 4) is 11.3 Å². The summed E-state index contributed by atoms with van der Waals surface area (Å²) >= 11 is 1.33. The van der Waals surface area contributed by atoms with Crippen molar-refractivity contribution in [3.63, 3.8) is 0 Å². The highest BCUT2D eigenvalue weighted by Crippen LogP contribution is 2.32. The molecule has 0 radical (unpaired) electrons. The van der Waals surface area contributed by atoms with Gasteiger partial charge in [0, 0.05) is 34.4 Å². The van der Waals surface area contributed by atoms with E-state index in [1.165, 1.54) is 42.2 Å². The molecular formula is C27H32F2N8O5S. The van der Waals surface area contributed by atoms with Gasteiger partial charge in [-0.1, -0.05) is 5.11 Å². The number of benzene rings is 1. The number of likely N-dealkylation sites (N-methyl/N-ethyl adjacent to an activating group) is 1. The standard InChI is InChI=1S/C27H32F2N8O5S/c1-27(2,29)11-18(25(40)36-12-19(33-34-30)23-22(36)21(38)13-42-23)31-24(39)15-4-5-16(17(28)10-15)20-14-43-26(32-20)35-6-8-37(3,41)9-7-35/h4-5,10,14,18-19,22-23H,6-9,11-13H2,1-3H3,(H,31,39)/t18-,19+,22+,23+/m0/s1. The minimum absolute atomic E-state index is 0.0961. The van der Waals surface area contributed by atoms with E-state index >= 15 is 4.39 Å². The van der Waals surface area contributed by atoms with E-state index < -0.39 is 54.0 Å². The van der Waals surface area contributed by atoms with Gasteiger partial charge in [-0.05, 0) is 37.6 Å². The van der Waals surface area contributed by atoms with E-state index in [1.54, 1.807) is 12.4 Å². The number of hydroxylamine groups is 3. The molecule has 0 bridgehead atoms. The quantitative estimate of drug-likeness (QED) is 0.156. The van der Waals surface area contributed by atoms with E-state index in [-0.39, 0.29) is 34.7 Å². The number of aromatic nitrogens is 1. The summed E-state index contributed by atoms with van der Waals surface area (Å²) in [5.41, 5.74) is 7.47. The van der Waals surface area contributed by atoms with Crippen LogP contribution in [-0.4, -0.2) is 108 Å². The molecule has 3 aliphatic rings. The molecule has 1 N–H and O–H groups in total. The number of carbonyl (C=O) groups excluding carboxylic acids is 3. The molecule has 2 amide bonds. The Bertz CT molecular complexity index is 1460. The number of hydrogen-bond acceptors (Lipinski definition) is 9. The maximum Gasteiger partial charge on any atom is 0.252 e. The van der Waals surface area contributed by atoms with Gasteiger partial charge in [-0.25, -0.2) is 13.8 Å². The molecule has 0 aliphatic carbocycles. The monoisotopic (exact) mass is 618 g/mol. The van der Waals surface area contributed by atoms with Crippen molar-refractivity contribution in [2.24, 2.45) is 5.11 Å². The van der Waals surface area contributed by atoms with Crippen molar-refractivity contribution in [3.05, 3.63) is 50.6 Å². The van der Waals surface area contributed by atoms with Gasteiger partial charge in [0.05, 0.1) is 51.1 Å². The Morgan fingerprint density at radius 2 is 2.09 bits per heavy atom. The summed E-state index contributed by atoms with van der Waals surface area (Å²) in [7, 11) is 1.63. The lowest BCUT2D eigenvalue weighted by Gasteiger charge is -2.45. The van der Waals surface area contributed by atoms with Crippen LogP contribution < -0.4 is 10.2 Å². The number of Topliss-reactive ketones (excluding diaryl/α,β-unsaturated/α-hetero) is 1. The number of halogens is 2. The molecule has 3 fully saturated rings. The Labute approximate surface area is 250 Å². The number of azide groups is 1. The van der Waals surface area contributed by atoms with Gasteiger partial charge in [0.2, 0.25) is 5.91 Å². The first-order valence-corrected chi connectivity index (χ1v) is 14.7. The van der Waals surface area contributed by atoms with Crippen molar-refractivity contribution in [2.75, 3.05) is 51.3 Å². The molecule has 2 aromatic rings. The average molecular weight is 619 g/mol. The number of piperazine rings is 1. The van der Waals surface area contributed by atoms with Gasteiger partial charge in [0.15, 0.2) is 10.9 Å². The van der Waals surface area contributed by atoms with E-state index in [1.807, 2.05) is 4.90 Å². The molecule has 0 unspecified atom stereocenters. The second kappa shape index (κ2) is 11.8. The lowest BCUT2D eigenvalue weighted by molar-refractivity contribution is -0.861. The van der Waals surface area contributed by atoms with Crippen LogP contribution in [-0.2, 0) is 14.3 Å². The molecule has 3 saturated heterocycles. The number of amides is 2. The highest BCUT2D eigenvalue weighted by Gasteiger charge is 2.53. The second-order valence-electron chi connectivity index (χ2n) is 11.8. The molecule has 230 valence electrons. The lowest BCUT2D eigenvalue weighted by Crippen LogP contribution is -2.53. The van der Waals surface area contributed by atoms with Gasteiger partial charge in [-0.2, -0.15) is 0 Å². The minimum Gasteiger partial charge on any atom is -0.633 e. The number of carbonyl (C=O) groups is 3. The van der Waals surface area contributed by atoms with Gasteiger partial charge >= 0.3 is 0 Å². The molecule has 13 nitrogen and oxygen atoms in total. The Hall–Kier alpha value is -3.69. The van der Waals surface area contributed by atoms with Crippen LogP contribution in [0.5, 0.6) is 0 Å². The number of anilines is 1. The molecular weight excluding hydrogens is 586 g/mol. The largest absolute Gasteiger partial charge is 0.633 e. The van der Waals surface area contributed by atoms with E-state index in [4.69, 9.17) is 10.3 Å². The summed E-state index contributed by atoms with van der Waals surface area (Å²) in [5.74, 6) is -2.64. The molecule has 4 atom stereocenters. The normalized spacial score (nSPS) is 24.0. The van der Waals surface area contributed by atoms with Crippen LogP contribution in [0.2, 0.25) is 0 Å². The van der Waals surface area contributed by atoms with Gasteiger partial charge in [0.1, 0.15) is 30.2 Å². The highest BCUT2D eigenvalue weighted by atomic mass is 32.1. The van der Waals surface area contributed by atoms with Crippen molar-refractivity contribution < 1.29 is 32.5 Å². The Morgan fingerprint density at radius 3 is 2.74 bits per heavy atom. The van der Waals surface area contributed by atoms with Crippen LogP contribution in [0.3, 0.4) is 0 Å². The van der Waals surface area contributed by atoms with Gasteiger partial charge in [-0.15, -0.1) is 11.3 Å². The van der Waals surface area contributed by atoms with Crippen LogP contribution in [0, 0.1) is 11.0 Å². The predicted molar refractivity (Wildman–Crippen MR) is 153 cm³/mol. The fourth-order valence-electron chi connectivity index (χ4n) is 5.63. The van der Waals surface area contributed by atoms with Gasteiger partial charge < -0.3 is 29.7 Å². The lowest BCUT2D eigenvalue weighted by atomic mass is 9.98. The van der Waals surface area contributed by atoms with Gasteiger partial charge in [-0.3, -0.25) is 14.4 Å². The summed E-state index contributed by atoms with van der Waals surface area (Å²) in [5, 5.41) is 20.6. The van der Waals surface area contributed by atoms with Crippen molar-refractivity contribution >= 4 is 34.1 Å². The zero-order valence-electron chi connectivity index (χ0n) is 23.9. The molecule has 1 aromatic carbocycles. The van der Waals surface area contributed by atoms with Crippen LogP contribution in [0.4, 0.5) is 13.9 Å². The first kappa shape index (κ1) is 30.8. The van der Waals surface area contributed by atoms with Crippen molar-refractivity contribution in [1.82, 2.24) is 15.2 Å². The summed E-state index contributed by atoms with van der Waals surface area (Å²) in [4.78, 5) is 49.8. The molecule has 5 rings (SSSR count). The third-order valence-electron chi connectivity index (χ3n) is 7.89. The number of ketones is 1. The molecule has 0 saturated carbocycles. The van der Waals surface area contributed by atoms with E-state index in [0.29, 0.717) is 37.0 Å². The number of quaternary nitrogens is 1. The molecule has 0 spiro atoms. The number of alkyl halides is 1. The fourth-order valence-corrected chi connectivity index (χ4v) is 6.51. The van der Waals surface area contributed by atoms with Crippen molar-refractivity contribution in [2.45, 2.75) is 50.2 Å². The molecule has 1 aromatic heterocycles. The molecule has 43 heavy (non-hydrogen) atoms. The maximum atomic E-state index is 15.3. The van der Waals surface area contributed by atoms with Crippen LogP contribution in [0.1, 0.15) is 30.6 Å². The summed E-state index contributed by atoms with van der Waals surface area (Å²) < 4.78 is 35.2. The second-order valence-corrected chi connectivity index (χ2v) is 12.7. The highest BCUT2D eigenvalue weighted by molar-refractivity contribution is 7.14. The number of likely N-dealkylation sites (tertiary alicyclic amines) is 1. The zero-order chi connectivity index (χ0) is 31.1. The van der Waals surface area contributed by atoms with Crippen LogP contribution >= 0.6 is 11.3 Å². The molecule has 16 heteroatoms. The first-order valence-electron chi connectivity index (χ1n) is 13.8. The van der Waals surface area contributed by atoms with E-state index in [2.05, 4.69) is 20.3 Å². The number of nitrogens with one attached hydrogen (secondary N) is 1. The van der Waals surface area contributed by atoms with Crippen molar-refractivity contribution in [1.29, 1.82) is 0 Å². The zero-order valence-corrected chi connectivity index (χ0v) is 24.7. The van der Waals surface area contributed by atoms with Crippen LogP contribution in [0.15, 0.2) is 28.7 Å². The topological polar surface area (TPSA) is 164 Å². The number of nitrogens with zero attached hydrogens (tertiary/aromatic N) is 7. The van der Waals surface area contributed by atoms with Crippen LogP contribution in [0.25, 0.3) is 21.7 Å². The predicted octanol–water partition coefficient (Wildman–Crippen LogP) is 2.81. The maximum absolute atomic E-state index is 15.3. The molecule has 4 heterocycles.